The average molecular weight is 520 g/mol. The third-order valence-corrected chi connectivity index (χ3v) is 6.43. The summed E-state index contributed by atoms with van der Waals surface area (Å²) in [5.74, 6) is 1.64. The third-order valence-electron chi connectivity index (χ3n) is 6.18. The Labute approximate surface area is 223 Å². The van der Waals surface area contributed by atoms with E-state index in [1.54, 1.807) is 12.1 Å². The molecule has 1 aliphatic heterocycles. The van der Waals surface area contributed by atoms with Crippen LogP contribution in [-0.2, 0) is 11.2 Å². The summed E-state index contributed by atoms with van der Waals surface area (Å²) < 4.78 is 5.84. The van der Waals surface area contributed by atoms with E-state index in [0.29, 0.717) is 29.5 Å². The first kappa shape index (κ1) is 26.5. The van der Waals surface area contributed by atoms with Gasteiger partial charge in [0.2, 0.25) is 5.91 Å². The van der Waals surface area contributed by atoms with Crippen LogP contribution in [0, 0.1) is 0 Å². The molecule has 37 heavy (non-hydrogen) atoms. The highest BCUT2D eigenvalue weighted by molar-refractivity contribution is 6.30. The molecular weight excluding hydrogens is 486 g/mol. The van der Waals surface area contributed by atoms with Gasteiger partial charge in [-0.15, -0.1) is 0 Å². The molecule has 0 unspecified atom stereocenters. The molecule has 0 spiro atoms. The minimum absolute atomic E-state index is 0.0135. The van der Waals surface area contributed by atoms with Gasteiger partial charge in [0.1, 0.15) is 11.5 Å². The molecule has 1 saturated heterocycles. The zero-order chi connectivity index (χ0) is 25.9. The predicted molar refractivity (Wildman–Crippen MR) is 150 cm³/mol. The molecule has 4 rings (SSSR count). The molecule has 3 aromatic carbocycles. The molecule has 0 aliphatic carbocycles. The standard InChI is InChI=1S/C29H34ClN5O2/c30-23-8-12-26(13-9-23)37-27-14-10-24(11-15-27)33-29(31)34-25(20-22-6-2-1-3-7-22)21-28(36)32-16-19-35-17-4-5-18-35/h1-3,6-15,25H,4-5,16-21H2,(H,32,36)(H3,31,33,34)/t25-/m0/s1. The van der Waals surface area contributed by atoms with Crippen molar-refractivity contribution in [1.82, 2.24) is 10.2 Å². The van der Waals surface area contributed by atoms with Gasteiger partial charge in [0.05, 0.1) is 6.04 Å². The number of nitrogens with zero attached hydrogens (tertiary/aromatic N) is 2. The van der Waals surface area contributed by atoms with Crippen LogP contribution in [0.15, 0.2) is 83.9 Å². The number of guanidine groups is 1. The molecule has 4 N–H and O–H groups in total. The molecule has 0 radical (unpaired) electrons. The highest BCUT2D eigenvalue weighted by Gasteiger charge is 2.16. The molecule has 1 amide bonds. The molecule has 3 aromatic rings. The van der Waals surface area contributed by atoms with Gasteiger partial charge in [-0.2, -0.15) is 0 Å². The summed E-state index contributed by atoms with van der Waals surface area (Å²) in [5, 5.41) is 6.83. The SMILES string of the molecule is NC(=N[C@H](CC(=O)NCCN1CCCC1)Cc1ccccc1)Nc1ccc(Oc2ccc(Cl)cc2)cc1. The molecule has 7 nitrogen and oxygen atoms in total. The van der Waals surface area contributed by atoms with Crippen LogP contribution < -0.4 is 21.1 Å². The highest BCUT2D eigenvalue weighted by Crippen LogP contribution is 2.24. The molecule has 1 atom stereocenters. The minimum Gasteiger partial charge on any atom is -0.457 e. The first-order valence-electron chi connectivity index (χ1n) is 12.7. The summed E-state index contributed by atoms with van der Waals surface area (Å²) in [4.78, 5) is 19.7. The van der Waals surface area contributed by atoms with Crippen LogP contribution >= 0.6 is 11.6 Å². The maximum absolute atomic E-state index is 12.7. The van der Waals surface area contributed by atoms with Crippen molar-refractivity contribution in [2.75, 3.05) is 31.5 Å². The van der Waals surface area contributed by atoms with Crippen LogP contribution in [0.3, 0.4) is 0 Å². The van der Waals surface area contributed by atoms with E-state index in [2.05, 4.69) is 20.5 Å². The molecule has 0 aromatic heterocycles. The fourth-order valence-corrected chi connectivity index (χ4v) is 4.44. The van der Waals surface area contributed by atoms with Crippen molar-refractivity contribution in [2.24, 2.45) is 10.7 Å². The van der Waals surface area contributed by atoms with Crippen molar-refractivity contribution in [1.29, 1.82) is 0 Å². The van der Waals surface area contributed by atoms with Gasteiger partial charge in [0.15, 0.2) is 5.96 Å². The monoisotopic (exact) mass is 519 g/mol. The lowest BCUT2D eigenvalue weighted by Gasteiger charge is -2.17. The molecule has 1 fully saturated rings. The smallest absolute Gasteiger partial charge is 0.222 e. The number of benzene rings is 3. The second kappa shape index (κ2) is 13.7. The van der Waals surface area contributed by atoms with Crippen LogP contribution in [0.2, 0.25) is 5.02 Å². The van der Waals surface area contributed by atoms with Gasteiger partial charge in [-0.05, 0) is 86.4 Å². The fraction of sp³-hybridized carbons (Fsp3) is 0.310. The lowest BCUT2D eigenvalue weighted by molar-refractivity contribution is -0.121. The van der Waals surface area contributed by atoms with E-state index >= 15 is 0 Å². The van der Waals surface area contributed by atoms with E-state index in [4.69, 9.17) is 22.1 Å². The van der Waals surface area contributed by atoms with E-state index in [1.807, 2.05) is 66.7 Å². The largest absolute Gasteiger partial charge is 0.457 e. The Morgan fingerprint density at radius 2 is 1.62 bits per heavy atom. The van der Waals surface area contributed by atoms with Crippen molar-refractivity contribution >= 4 is 29.2 Å². The first-order chi connectivity index (χ1) is 18.0. The van der Waals surface area contributed by atoms with Crippen molar-refractivity contribution < 1.29 is 9.53 Å². The number of nitrogens with two attached hydrogens (primary N) is 1. The summed E-state index contributed by atoms with van der Waals surface area (Å²) in [6.07, 6.45) is 3.38. The Bertz CT molecular complexity index is 1150. The van der Waals surface area contributed by atoms with E-state index in [9.17, 15) is 4.79 Å². The van der Waals surface area contributed by atoms with E-state index in [0.717, 1.165) is 30.9 Å². The average Bonchev–Trinajstić information content (AvgIpc) is 3.41. The highest BCUT2D eigenvalue weighted by atomic mass is 35.5. The summed E-state index contributed by atoms with van der Waals surface area (Å²) in [6.45, 7) is 3.78. The molecule has 1 heterocycles. The number of hydrogen-bond donors (Lipinski definition) is 3. The van der Waals surface area contributed by atoms with Crippen LogP contribution in [0.4, 0.5) is 5.69 Å². The number of halogens is 1. The third kappa shape index (κ3) is 9.12. The second-order valence-electron chi connectivity index (χ2n) is 9.17. The Kier molecular flexibility index (Phi) is 9.80. The quantitative estimate of drug-likeness (QED) is 0.243. The Balaban J connectivity index is 1.34. The molecular formula is C29H34ClN5O2. The van der Waals surface area contributed by atoms with Gasteiger partial charge in [-0.3, -0.25) is 4.79 Å². The maximum Gasteiger partial charge on any atom is 0.222 e. The molecule has 8 heteroatoms. The van der Waals surface area contributed by atoms with Crippen LogP contribution in [-0.4, -0.2) is 49.0 Å². The molecule has 0 saturated carbocycles. The van der Waals surface area contributed by atoms with E-state index in [1.165, 1.54) is 12.8 Å². The van der Waals surface area contributed by atoms with Crippen LogP contribution in [0.1, 0.15) is 24.8 Å². The number of rotatable bonds is 11. The Morgan fingerprint density at radius 3 is 2.30 bits per heavy atom. The topological polar surface area (TPSA) is 92.0 Å². The summed E-state index contributed by atoms with van der Waals surface area (Å²) >= 11 is 5.93. The van der Waals surface area contributed by atoms with Crippen molar-refractivity contribution in [2.45, 2.75) is 31.7 Å². The van der Waals surface area contributed by atoms with Gasteiger partial charge in [0, 0.05) is 30.2 Å². The molecule has 0 bridgehead atoms. The number of likely N-dealkylation sites (tertiary alicyclic amines) is 1. The van der Waals surface area contributed by atoms with Gasteiger partial charge >= 0.3 is 0 Å². The lowest BCUT2D eigenvalue weighted by Crippen LogP contribution is -2.35. The number of aliphatic imine (C=N–C) groups is 1. The Hall–Kier alpha value is -3.55. The van der Waals surface area contributed by atoms with Gasteiger partial charge in [-0.1, -0.05) is 41.9 Å². The molecule has 194 valence electrons. The minimum atomic E-state index is -0.283. The maximum atomic E-state index is 12.7. The zero-order valence-electron chi connectivity index (χ0n) is 20.9. The fourth-order valence-electron chi connectivity index (χ4n) is 4.32. The normalized spacial score (nSPS) is 14.8. The summed E-state index contributed by atoms with van der Waals surface area (Å²) in [7, 11) is 0. The number of carbonyl (C=O) groups excluding carboxylic acids is 1. The van der Waals surface area contributed by atoms with Crippen LogP contribution in [0.5, 0.6) is 11.5 Å². The van der Waals surface area contributed by atoms with Gasteiger partial charge in [-0.25, -0.2) is 4.99 Å². The first-order valence-corrected chi connectivity index (χ1v) is 13.1. The Morgan fingerprint density at radius 1 is 0.973 bits per heavy atom. The van der Waals surface area contributed by atoms with Gasteiger partial charge < -0.3 is 26.0 Å². The van der Waals surface area contributed by atoms with E-state index < -0.39 is 0 Å². The predicted octanol–water partition coefficient (Wildman–Crippen LogP) is 5.07. The zero-order valence-corrected chi connectivity index (χ0v) is 21.7. The van der Waals surface area contributed by atoms with Crippen molar-refractivity contribution in [3.63, 3.8) is 0 Å². The number of anilines is 1. The van der Waals surface area contributed by atoms with Crippen molar-refractivity contribution in [3.8, 4) is 11.5 Å². The summed E-state index contributed by atoms with van der Waals surface area (Å²) in [6, 6.07) is 24.4. The number of carbonyl (C=O) groups is 1. The number of ether oxygens (including phenoxy) is 1. The summed E-state index contributed by atoms with van der Waals surface area (Å²) in [5.41, 5.74) is 8.14. The van der Waals surface area contributed by atoms with Crippen LogP contribution in [0.25, 0.3) is 0 Å². The number of nitrogens with one attached hydrogen (secondary N) is 2. The van der Waals surface area contributed by atoms with Gasteiger partial charge in [0.25, 0.3) is 0 Å². The molecule has 1 aliphatic rings. The lowest BCUT2D eigenvalue weighted by atomic mass is 10.0. The number of hydrogen-bond acceptors (Lipinski definition) is 4. The van der Waals surface area contributed by atoms with E-state index in [-0.39, 0.29) is 24.3 Å². The second-order valence-corrected chi connectivity index (χ2v) is 9.60. The van der Waals surface area contributed by atoms with Crippen molar-refractivity contribution in [3.05, 3.63) is 89.4 Å². The number of amides is 1.